The fourth-order valence-corrected chi connectivity index (χ4v) is 5.33. The summed E-state index contributed by atoms with van der Waals surface area (Å²) in [5.41, 5.74) is 0.628. The Kier molecular flexibility index (Phi) is 6.96. The van der Waals surface area contributed by atoms with Gasteiger partial charge in [0.1, 0.15) is 0 Å². The zero-order valence-electron chi connectivity index (χ0n) is 17.9. The van der Waals surface area contributed by atoms with Crippen molar-refractivity contribution in [3.63, 3.8) is 0 Å². The van der Waals surface area contributed by atoms with Gasteiger partial charge in [0.25, 0.3) is 0 Å². The highest BCUT2D eigenvalue weighted by Gasteiger charge is 2.30. The first kappa shape index (κ1) is 24.2. The number of halogens is 3. The van der Waals surface area contributed by atoms with Gasteiger partial charge in [-0.2, -0.15) is 24.5 Å². The second-order valence-corrected chi connectivity index (χ2v) is 10.6. The van der Waals surface area contributed by atoms with E-state index >= 15 is 0 Å². The second-order valence-electron chi connectivity index (χ2n) is 8.03. The van der Waals surface area contributed by atoms with E-state index in [4.69, 9.17) is 0 Å². The highest BCUT2D eigenvalue weighted by molar-refractivity contribution is 7.89. The van der Waals surface area contributed by atoms with Crippen LogP contribution in [0.3, 0.4) is 0 Å². The minimum absolute atomic E-state index is 0.0137. The van der Waals surface area contributed by atoms with E-state index in [1.165, 1.54) is 35.6 Å². The fraction of sp³-hybridized carbons (Fsp3) is 0.261. The third kappa shape index (κ3) is 5.78. The summed E-state index contributed by atoms with van der Waals surface area (Å²) in [6.45, 7) is 0.355. The summed E-state index contributed by atoms with van der Waals surface area (Å²) in [6.07, 6.45) is -1.48. The lowest BCUT2D eigenvalue weighted by atomic mass is 9.86. The van der Waals surface area contributed by atoms with Gasteiger partial charge in [-0.1, -0.05) is 18.6 Å². The molecule has 0 aliphatic heterocycles. The predicted molar refractivity (Wildman–Crippen MR) is 126 cm³/mol. The maximum atomic E-state index is 13.0. The van der Waals surface area contributed by atoms with Crippen LogP contribution >= 0.6 is 11.3 Å². The molecule has 2 aromatic carbocycles. The summed E-state index contributed by atoms with van der Waals surface area (Å²) in [5, 5.41) is 8.64. The van der Waals surface area contributed by atoms with Crippen molar-refractivity contribution in [2.45, 2.75) is 30.3 Å². The summed E-state index contributed by atoms with van der Waals surface area (Å²) in [5.74, 6) is 0.329. The van der Waals surface area contributed by atoms with Crippen molar-refractivity contribution < 1.29 is 26.4 Å². The van der Waals surface area contributed by atoms with Gasteiger partial charge in [-0.15, -0.1) is 0 Å². The molecule has 0 unspecified atom stereocenters. The average Bonchev–Trinajstić information content (AvgIpc) is 3.26. The van der Waals surface area contributed by atoms with Crippen molar-refractivity contribution in [2.75, 3.05) is 17.2 Å². The Hall–Kier alpha value is -2.89. The molecule has 0 radical (unpaired) electrons. The zero-order valence-corrected chi connectivity index (χ0v) is 19.5. The van der Waals surface area contributed by atoms with Crippen LogP contribution in [0.1, 0.15) is 24.8 Å². The van der Waals surface area contributed by atoms with Crippen LogP contribution in [-0.4, -0.2) is 21.0 Å². The molecule has 0 bridgehead atoms. The van der Waals surface area contributed by atoms with Gasteiger partial charge in [0.05, 0.1) is 16.1 Å². The molecule has 6 nitrogen and oxygen atoms in total. The number of rotatable bonds is 7. The molecular formula is C23H22F3N3O3S2. The Balaban J connectivity index is 1.57. The third-order valence-corrected chi connectivity index (χ3v) is 7.72. The number of hydrogen-bond donors (Lipinski definition) is 3. The second kappa shape index (κ2) is 9.77. The number of sulfonamides is 1. The van der Waals surface area contributed by atoms with Crippen LogP contribution in [0, 0.1) is 5.92 Å². The molecule has 2 amide bonds. The van der Waals surface area contributed by atoms with Crippen molar-refractivity contribution in [1.82, 2.24) is 4.72 Å². The lowest BCUT2D eigenvalue weighted by Gasteiger charge is -2.25. The summed E-state index contributed by atoms with van der Waals surface area (Å²) in [6, 6.07) is 9.68. The molecule has 1 aliphatic rings. The predicted octanol–water partition coefficient (Wildman–Crippen LogP) is 6.16. The minimum atomic E-state index is -4.55. The largest absolute Gasteiger partial charge is 0.416 e. The van der Waals surface area contributed by atoms with Crippen LogP contribution in [0.15, 0.2) is 64.2 Å². The lowest BCUT2D eigenvalue weighted by molar-refractivity contribution is -0.137. The van der Waals surface area contributed by atoms with E-state index in [1.54, 1.807) is 6.07 Å². The third-order valence-electron chi connectivity index (χ3n) is 5.62. The Morgan fingerprint density at radius 1 is 1.06 bits per heavy atom. The van der Waals surface area contributed by atoms with Gasteiger partial charge >= 0.3 is 12.2 Å². The molecule has 1 aliphatic carbocycles. The summed E-state index contributed by atoms with van der Waals surface area (Å²) < 4.78 is 67.1. The molecule has 4 rings (SSSR count). The zero-order chi connectivity index (χ0) is 24.3. The number of hydrogen-bond acceptors (Lipinski definition) is 4. The molecule has 1 aromatic heterocycles. The molecule has 34 heavy (non-hydrogen) atoms. The summed E-state index contributed by atoms with van der Waals surface area (Å²) >= 11 is 1.43. The number of carbonyl (C=O) groups excluding carboxylic acids is 1. The SMILES string of the molecule is O=C(Nc1cccc(C(F)(F)F)c1)Nc1cc(S(=O)(=O)NCC2CCC2)ccc1-c1ccsc1. The van der Waals surface area contributed by atoms with Crippen LogP contribution in [0.5, 0.6) is 0 Å². The van der Waals surface area contributed by atoms with Gasteiger partial charge in [-0.25, -0.2) is 17.9 Å². The molecule has 0 saturated heterocycles. The molecule has 3 N–H and O–H groups in total. The number of urea groups is 1. The molecular weight excluding hydrogens is 487 g/mol. The average molecular weight is 510 g/mol. The Bertz CT molecular complexity index is 1270. The van der Waals surface area contributed by atoms with Gasteiger partial charge in [-0.05, 0) is 71.5 Å². The van der Waals surface area contributed by atoms with E-state index in [2.05, 4.69) is 15.4 Å². The molecule has 1 saturated carbocycles. The molecule has 1 heterocycles. The topological polar surface area (TPSA) is 87.3 Å². The van der Waals surface area contributed by atoms with Crippen LogP contribution in [-0.2, 0) is 16.2 Å². The first-order valence-electron chi connectivity index (χ1n) is 10.5. The summed E-state index contributed by atoms with van der Waals surface area (Å²) in [7, 11) is -3.80. The normalized spacial score (nSPS) is 14.4. The Morgan fingerprint density at radius 3 is 2.50 bits per heavy atom. The summed E-state index contributed by atoms with van der Waals surface area (Å²) in [4.78, 5) is 12.6. The maximum absolute atomic E-state index is 13.0. The number of thiophene rings is 1. The van der Waals surface area contributed by atoms with Gasteiger partial charge < -0.3 is 10.6 Å². The Labute approximate surface area is 199 Å². The fourth-order valence-electron chi connectivity index (χ4n) is 3.53. The van der Waals surface area contributed by atoms with Gasteiger partial charge in [0, 0.05) is 17.8 Å². The van der Waals surface area contributed by atoms with E-state index in [1.807, 2.05) is 16.8 Å². The molecule has 0 spiro atoms. The lowest BCUT2D eigenvalue weighted by Crippen LogP contribution is -2.32. The smallest absolute Gasteiger partial charge is 0.308 e. The number of alkyl halides is 3. The van der Waals surface area contributed by atoms with Crippen molar-refractivity contribution in [3.8, 4) is 11.1 Å². The van der Waals surface area contributed by atoms with Crippen molar-refractivity contribution in [3.05, 3.63) is 64.9 Å². The minimum Gasteiger partial charge on any atom is -0.308 e. The van der Waals surface area contributed by atoms with E-state index in [-0.39, 0.29) is 16.3 Å². The Morgan fingerprint density at radius 2 is 1.85 bits per heavy atom. The molecule has 1 fully saturated rings. The number of amides is 2. The molecule has 0 atom stereocenters. The van der Waals surface area contributed by atoms with Crippen molar-refractivity contribution in [2.24, 2.45) is 5.92 Å². The highest BCUT2D eigenvalue weighted by atomic mass is 32.2. The van der Waals surface area contributed by atoms with Crippen LogP contribution in [0.4, 0.5) is 29.3 Å². The molecule has 3 aromatic rings. The van der Waals surface area contributed by atoms with Crippen LogP contribution in [0.25, 0.3) is 11.1 Å². The van der Waals surface area contributed by atoms with E-state index in [9.17, 15) is 26.4 Å². The maximum Gasteiger partial charge on any atom is 0.416 e. The standard InChI is InChI=1S/C23H22F3N3O3S2/c24-23(25,26)17-5-2-6-18(11-17)28-22(30)29-21-12-19(7-8-20(21)16-9-10-33-14-16)34(31,32)27-13-15-3-1-4-15/h2,5-12,14-15,27H,1,3-4,13H2,(H2,28,29,30). The van der Waals surface area contributed by atoms with Crippen molar-refractivity contribution in [1.29, 1.82) is 0 Å². The van der Waals surface area contributed by atoms with Crippen molar-refractivity contribution >= 4 is 38.8 Å². The number of nitrogens with one attached hydrogen (secondary N) is 3. The van der Waals surface area contributed by atoms with Gasteiger partial charge in [0.15, 0.2) is 0 Å². The monoisotopic (exact) mass is 509 g/mol. The van der Waals surface area contributed by atoms with E-state index in [0.717, 1.165) is 37.0 Å². The van der Waals surface area contributed by atoms with Gasteiger partial charge in [-0.3, -0.25) is 0 Å². The number of anilines is 2. The van der Waals surface area contributed by atoms with Crippen LogP contribution < -0.4 is 15.4 Å². The highest BCUT2D eigenvalue weighted by Crippen LogP contribution is 2.33. The first-order chi connectivity index (χ1) is 16.1. The first-order valence-corrected chi connectivity index (χ1v) is 13.0. The van der Waals surface area contributed by atoms with E-state index in [0.29, 0.717) is 18.0 Å². The number of benzene rings is 2. The quantitative estimate of drug-likeness (QED) is 0.357. The molecule has 180 valence electrons. The van der Waals surface area contributed by atoms with Gasteiger partial charge in [0.2, 0.25) is 10.0 Å². The van der Waals surface area contributed by atoms with E-state index < -0.39 is 27.8 Å². The number of carbonyl (C=O) groups is 1. The van der Waals surface area contributed by atoms with Crippen LogP contribution in [0.2, 0.25) is 0 Å². The molecule has 11 heteroatoms.